The number of hydrogen-bond donors (Lipinski definition) is 3. The summed E-state index contributed by atoms with van der Waals surface area (Å²) in [6.45, 7) is 1.74. The minimum absolute atomic E-state index is 0.0241. The van der Waals surface area contributed by atoms with Crippen LogP contribution >= 0.6 is 7.75 Å². The van der Waals surface area contributed by atoms with E-state index in [0.717, 1.165) is 34.7 Å². The standard InChI is InChI=1S/C30H31FN3O9P/c1-19(27(37)40-17-20-9-4-3-5-10-20)33-44(39,43-23-14-8-12-21-11-6-7-13-22(21)23)41-18-24-26(36)30(2,31)28(42-24)34-16-15-25(35)32-29(34)38/h3-16,19,24,26,28,36H,17-18H2,1-2H3,(H,33,39)(H,32,35,38)/t19-,24+,26+,28+,30?,44?/m0/s1. The van der Waals surface area contributed by atoms with Crippen molar-refractivity contribution < 1.29 is 37.4 Å². The number of nitrogens with one attached hydrogen (secondary N) is 2. The number of rotatable bonds is 11. The van der Waals surface area contributed by atoms with E-state index >= 15 is 4.39 Å². The number of fused-ring (bicyclic) bond motifs is 1. The molecule has 14 heteroatoms. The van der Waals surface area contributed by atoms with Crippen molar-refractivity contribution >= 4 is 24.5 Å². The molecule has 0 spiro atoms. The number of aromatic amines is 1. The molecule has 1 fully saturated rings. The SMILES string of the molecule is C[C@H](NP(=O)(OC[C@H]1O[C@@H](n2ccc(=O)[nH]c2=O)C(C)(F)[C@@H]1O)Oc1cccc2ccccc12)C(=O)OCc1ccccc1. The molecule has 1 aromatic heterocycles. The Kier molecular flexibility index (Phi) is 9.14. The lowest BCUT2D eigenvalue weighted by Crippen LogP contribution is -2.43. The van der Waals surface area contributed by atoms with Crippen LogP contribution in [0.5, 0.6) is 5.75 Å². The van der Waals surface area contributed by atoms with Gasteiger partial charge in [0.1, 0.15) is 30.6 Å². The van der Waals surface area contributed by atoms with E-state index in [4.69, 9.17) is 18.5 Å². The summed E-state index contributed by atoms with van der Waals surface area (Å²) in [4.78, 5) is 38.6. The number of carbonyl (C=O) groups is 1. The van der Waals surface area contributed by atoms with Crippen LogP contribution in [0.15, 0.2) is 94.6 Å². The topological polar surface area (TPSA) is 158 Å². The monoisotopic (exact) mass is 627 g/mol. The fraction of sp³-hybridized carbons (Fsp3) is 0.300. The van der Waals surface area contributed by atoms with Crippen molar-refractivity contribution in [2.45, 2.75) is 50.6 Å². The molecule has 1 aliphatic heterocycles. The summed E-state index contributed by atoms with van der Waals surface area (Å²) in [6.07, 6.45) is -3.88. The molecule has 0 amide bonds. The number of aromatic nitrogens is 2. The van der Waals surface area contributed by atoms with E-state index in [0.29, 0.717) is 5.39 Å². The third kappa shape index (κ3) is 6.82. The molecule has 3 N–H and O–H groups in total. The van der Waals surface area contributed by atoms with Gasteiger partial charge in [-0.3, -0.25) is 23.7 Å². The van der Waals surface area contributed by atoms with E-state index in [9.17, 15) is 24.1 Å². The molecular weight excluding hydrogens is 596 g/mol. The number of carbonyl (C=O) groups excluding carboxylic acids is 1. The third-order valence-corrected chi connectivity index (χ3v) is 8.76. The van der Waals surface area contributed by atoms with Crippen molar-refractivity contribution in [2.75, 3.05) is 6.61 Å². The van der Waals surface area contributed by atoms with Crippen LogP contribution in [0, 0.1) is 0 Å². The van der Waals surface area contributed by atoms with Gasteiger partial charge in [-0.25, -0.2) is 13.8 Å². The maximum atomic E-state index is 15.7. The summed E-state index contributed by atoms with van der Waals surface area (Å²) in [6, 6.07) is 21.0. The Bertz CT molecular complexity index is 1790. The molecule has 2 heterocycles. The first kappa shape index (κ1) is 31.3. The van der Waals surface area contributed by atoms with Gasteiger partial charge in [0.05, 0.1) is 6.61 Å². The number of aliphatic hydroxyl groups is 1. The highest BCUT2D eigenvalue weighted by molar-refractivity contribution is 7.52. The lowest BCUT2D eigenvalue weighted by Gasteiger charge is -2.25. The number of alkyl halides is 1. The van der Waals surface area contributed by atoms with Gasteiger partial charge in [-0.05, 0) is 30.9 Å². The smallest absolute Gasteiger partial charge is 0.459 e. The molecule has 5 rings (SSSR count). The number of benzene rings is 3. The molecule has 2 unspecified atom stereocenters. The zero-order valence-electron chi connectivity index (χ0n) is 23.8. The Hall–Kier alpha value is -4.13. The summed E-state index contributed by atoms with van der Waals surface area (Å²) in [5.41, 5.74) is -3.41. The van der Waals surface area contributed by atoms with Gasteiger partial charge in [-0.1, -0.05) is 66.7 Å². The maximum Gasteiger partial charge on any atom is 0.459 e. The molecule has 232 valence electrons. The van der Waals surface area contributed by atoms with Crippen LogP contribution in [-0.2, 0) is 30.0 Å². The van der Waals surface area contributed by atoms with E-state index < -0.39 is 61.7 Å². The van der Waals surface area contributed by atoms with Crippen molar-refractivity contribution in [1.29, 1.82) is 0 Å². The third-order valence-electron chi connectivity index (χ3n) is 7.13. The fourth-order valence-electron chi connectivity index (χ4n) is 4.77. The highest BCUT2D eigenvalue weighted by Gasteiger charge is 2.56. The quantitative estimate of drug-likeness (QED) is 0.166. The predicted molar refractivity (Wildman–Crippen MR) is 158 cm³/mol. The Morgan fingerprint density at radius 3 is 2.57 bits per heavy atom. The number of halogens is 1. The normalized spacial score (nSPS) is 23.6. The lowest BCUT2D eigenvalue weighted by atomic mass is 9.98. The largest absolute Gasteiger partial charge is 0.460 e. The average molecular weight is 628 g/mol. The first-order valence-electron chi connectivity index (χ1n) is 13.7. The van der Waals surface area contributed by atoms with Crippen molar-refractivity contribution in [2.24, 2.45) is 0 Å². The van der Waals surface area contributed by atoms with Crippen LogP contribution in [0.1, 0.15) is 25.6 Å². The summed E-state index contributed by atoms with van der Waals surface area (Å²) in [5, 5.41) is 14.7. The van der Waals surface area contributed by atoms with Gasteiger partial charge >= 0.3 is 19.4 Å². The predicted octanol–water partition coefficient (Wildman–Crippen LogP) is 3.60. The molecule has 44 heavy (non-hydrogen) atoms. The highest BCUT2D eigenvalue weighted by atomic mass is 31.2. The number of nitrogens with zero attached hydrogens (tertiary/aromatic N) is 1. The van der Waals surface area contributed by atoms with Gasteiger partial charge < -0.3 is 19.1 Å². The van der Waals surface area contributed by atoms with Gasteiger partial charge in [-0.15, -0.1) is 0 Å². The Labute approximate surface area is 250 Å². The van der Waals surface area contributed by atoms with Crippen LogP contribution in [0.25, 0.3) is 10.8 Å². The minimum Gasteiger partial charge on any atom is -0.460 e. The molecule has 0 saturated carbocycles. The number of ether oxygens (including phenoxy) is 2. The van der Waals surface area contributed by atoms with Crippen molar-refractivity contribution in [3.8, 4) is 5.75 Å². The Balaban J connectivity index is 1.36. The van der Waals surface area contributed by atoms with Crippen LogP contribution < -0.4 is 20.9 Å². The van der Waals surface area contributed by atoms with E-state index in [1.165, 1.54) is 6.92 Å². The molecule has 12 nitrogen and oxygen atoms in total. The van der Waals surface area contributed by atoms with Crippen molar-refractivity contribution in [1.82, 2.24) is 14.6 Å². The zero-order valence-corrected chi connectivity index (χ0v) is 24.7. The first-order valence-corrected chi connectivity index (χ1v) is 15.3. The van der Waals surface area contributed by atoms with E-state index in [1.54, 1.807) is 48.5 Å². The van der Waals surface area contributed by atoms with E-state index in [-0.39, 0.29) is 12.4 Å². The summed E-state index contributed by atoms with van der Waals surface area (Å²) >= 11 is 0. The summed E-state index contributed by atoms with van der Waals surface area (Å²) < 4.78 is 53.2. The van der Waals surface area contributed by atoms with Crippen molar-refractivity contribution in [3.63, 3.8) is 0 Å². The fourth-order valence-corrected chi connectivity index (χ4v) is 6.29. The second kappa shape index (κ2) is 12.8. The van der Waals surface area contributed by atoms with Crippen LogP contribution in [0.4, 0.5) is 4.39 Å². The number of esters is 1. The summed E-state index contributed by atoms with van der Waals surface area (Å²) in [7, 11) is -4.46. The second-order valence-electron chi connectivity index (χ2n) is 10.4. The molecule has 6 atom stereocenters. The van der Waals surface area contributed by atoms with Gasteiger partial charge in [0.25, 0.3) is 5.56 Å². The number of H-pyrrole nitrogens is 1. The minimum atomic E-state index is -4.46. The number of hydrogen-bond acceptors (Lipinski definition) is 9. The zero-order chi connectivity index (χ0) is 31.5. The molecule has 0 bridgehead atoms. The molecule has 1 saturated heterocycles. The Morgan fingerprint density at radius 1 is 1.11 bits per heavy atom. The van der Waals surface area contributed by atoms with Crippen LogP contribution in [-0.4, -0.2) is 51.2 Å². The number of aliphatic hydroxyl groups excluding tert-OH is 1. The molecule has 3 aromatic carbocycles. The Morgan fingerprint density at radius 2 is 1.82 bits per heavy atom. The van der Waals surface area contributed by atoms with Gasteiger partial charge in [0.2, 0.25) is 0 Å². The van der Waals surface area contributed by atoms with Crippen molar-refractivity contribution in [3.05, 3.63) is 111 Å². The molecule has 4 aromatic rings. The van der Waals surface area contributed by atoms with Gasteiger partial charge in [0, 0.05) is 17.6 Å². The molecule has 1 aliphatic rings. The second-order valence-corrected chi connectivity index (χ2v) is 12.1. The van der Waals surface area contributed by atoms with Crippen LogP contribution in [0.3, 0.4) is 0 Å². The molecule has 0 aliphatic carbocycles. The average Bonchev–Trinajstić information content (AvgIpc) is 3.23. The molecular formula is C30H31FN3O9P. The van der Waals surface area contributed by atoms with Crippen LogP contribution in [0.2, 0.25) is 0 Å². The van der Waals surface area contributed by atoms with Gasteiger partial charge in [0.15, 0.2) is 11.9 Å². The maximum absolute atomic E-state index is 15.7. The lowest BCUT2D eigenvalue weighted by molar-refractivity contribution is -0.146. The van der Waals surface area contributed by atoms with Gasteiger partial charge in [-0.2, -0.15) is 5.09 Å². The molecule has 0 radical (unpaired) electrons. The summed E-state index contributed by atoms with van der Waals surface area (Å²) in [5.74, 6) is -0.574. The van der Waals surface area contributed by atoms with E-state index in [1.807, 2.05) is 29.2 Å². The van der Waals surface area contributed by atoms with E-state index in [2.05, 4.69) is 5.09 Å². The first-order chi connectivity index (χ1) is 21.0. The highest BCUT2D eigenvalue weighted by Crippen LogP contribution is 2.48.